The molecule has 0 fully saturated rings. The molecule has 1 aromatic rings. The third-order valence-electron chi connectivity index (χ3n) is 2.82. The van der Waals surface area contributed by atoms with E-state index in [0.717, 1.165) is 0 Å². The lowest BCUT2D eigenvalue weighted by molar-refractivity contribution is -0.135. The van der Waals surface area contributed by atoms with Crippen LogP contribution < -0.4 is 9.62 Å². The number of anilines is 1. The van der Waals surface area contributed by atoms with Crippen LogP contribution in [0, 0.1) is 0 Å². The third kappa shape index (κ3) is 3.71. The number of carboxylic acids is 1. The number of para-hydroxylation sites is 1. The number of benzene rings is 1. The normalized spacial score (nSPS) is 12.2. The fourth-order valence-corrected chi connectivity index (χ4v) is 2.77. The second-order valence-electron chi connectivity index (χ2n) is 5.33. The van der Waals surface area contributed by atoms with Gasteiger partial charge in [0.15, 0.2) is 0 Å². The molecule has 0 atom stereocenters. The molecule has 0 amide bonds. The number of carboxylic acid groups (broad SMARTS) is 1. The molecule has 6 nitrogen and oxygen atoms in total. The highest BCUT2D eigenvalue weighted by atomic mass is 32.2. The Morgan fingerprint density at radius 3 is 2.30 bits per heavy atom. The monoisotopic (exact) mass is 300 g/mol. The van der Waals surface area contributed by atoms with Gasteiger partial charge in [-0.3, -0.25) is 4.79 Å². The molecule has 0 radical (unpaired) electrons. The topological polar surface area (TPSA) is 86.7 Å². The zero-order chi connectivity index (χ0) is 15.6. The number of nitrogens with zero attached hydrogens (tertiary/aromatic N) is 1. The SMILES string of the molecule is CNS(=O)(=O)c1ccccc1N(CC(=O)O)C(C)(C)C. The number of hydrogen-bond acceptors (Lipinski definition) is 4. The van der Waals surface area contributed by atoms with Gasteiger partial charge in [-0.1, -0.05) is 12.1 Å². The number of nitrogens with one attached hydrogen (secondary N) is 1. The summed E-state index contributed by atoms with van der Waals surface area (Å²) in [5, 5.41) is 9.05. The quantitative estimate of drug-likeness (QED) is 0.855. The lowest BCUT2D eigenvalue weighted by atomic mass is 10.0. The van der Waals surface area contributed by atoms with E-state index in [1.807, 2.05) is 20.8 Å². The maximum Gasteiger partial charge on any atom is 0.323 e. The third-order valence-corrected chi connectivity index (χ3v) is 4.28. The maximum atomic E-state index is 12.1. The van der Waals surface area contributed by atoms with E-state index >= 15 is 0 Å². The average Bonchev–Trinajstić information content (AvgIpc) is 2.34. The fraction of sp³-hybridized carbons (Fsp3) is 0.462. The number of aliphatic carboxylic acids is 1. The predicted octanol–water partition coefficient (Wildman–Crippen LogP) is 1.28. The molecule has 0 heterocycles. The van der Waals surface area contributed by atoms with Crippen molar-refractivity contribution < 1.29 is 18.3 Å². The van der Waals surface area contributed by atoms with E-state index in [4.69, 9.17) is 5.11 Å². The highest BCUT2D eigenvalue weighted by Crippen LogP contribution is 2.30. The highest BCUT2D eigenvalue weighted by molar-refractivity contribution is 7.89. The Balaban J connectivity index is 3.46. The molecule has 1 aromatic carbocycles. The van der Waals surface area contributed by atoms with Crippen molar-refractivity contribution in [2.75, 3.05) is 18.5 Å². The van der Waals surface area contributed by atoms with Crippen LogP contribution in [-0.2, 0) is 14.8 Å². The van der Waals surface area contributed by atoms with Crippen molar-refractivity contribution in [2.24, 2.45) is 0 Å². The van der Waals surface area contributed by atoms with Gasteiger partial charge in [0.2, 0.25) is 10.0 Å². The lowest BCUT2D eigenvalue weighted by Gasteiger charge is -2.37. The van der Waals surface area contributed by atoms with Crippen LogP contribution >= 0.6 is 0 Å². The standard InChI is InChI=1S/C13H20N2O4S/c1-13(2,3)15(9-12(16)17)10-7-5-6-8-11(10)20(18,19)14-4/h5-8,14H,9H2,1-4H3,(H,16,17). The molecule has 0 aliphatic rings. The molecule has 2 N–H and O–H groups in total. The van der Waals surface area contributed by atoms with Crippen molar-refractivity contribution in [2.45, 2.75) is 31.2 Å². The number of carbonyl (C=O) groups is 1. The van der Waals surface area contributed by atoms with Crippen molar-refractivity contribution in [3.63, 3.8) is 0 Å². The van der Waals surface area contributed by atoms with E-state index in [-0.39, 0.29) is 11.4 Å². The number of sulfonamides is 1. The van der Waals surface area contributed by atoms with Gasteiger partial charge in [-0.15, -0.1) is 0 Å². The van der Waals surface area contributed by atoms with Gasteiger partial charge in [0.25, 0.3) is 0 Å². The van der Waals surface area contributed by atoms with E-state index in [1.165, 1.54) is 13.1 Å². The largest absolute Gasteiger partial charge is 0.480 e. The van der Waals surface area contributed by atoms with Gasteiger partial charge in [0.05, 0.1) is 5.69 Å². The second-order valence-corrected chi connectivity index (χ2v) is 7.18. The smallest absolute Gasteiger partial charge is 0.323 e. The van der Waals surface area contributed by atoms with Gasteiger partial charge in [-0.2, -0.15) is 0 Å². The van der Waals surface area contributed by atoms with Crippen molar-refractivity contribution >= 4 is 21.7 Å². The zero-order valence-electron chi connectivity index (χ0n) is 12.0. The Morgan fingerprint density at radius 1 is 1.30 bits per heavy atom. The van der Waals surface area contributed by atoms with Crippen LogP contribution in [0.3, 0.4) is 0 Å². The van der Waals surface area contributed by atoms with Crippen LogP contribution in [0.5, 0.6) is 0 Å². The van der Waals surface area contributed by atoms with Gasteiger partial charge >= 0.3 is 5.97 Å². The van der Waals surface area contributed by atoms with Crippen LogP contribution in [0.25, 0.3) is 0 Å². The summed E-state index contributed by atoms with van der Waals surface area (Å²) in [5.41, 5.74) is -0.158. The molecule has 0 unspecified atom stereocenters. The molecule has 7 heteroatoms. The Labute approximate surface area is 119 Å². The van der Waals surface area contributed by atoms with E-state index < -0.39 is 21.5 Å². The van der Waals surface area contributed by atoms with E-state index in [9.17, 15) is 13.2 Å². The maximum absolute atomic E-state index is 12.1. The lowest BCUT2D eigenvalue weighted by Crippen LogP contribution is -2.45. The minimum atomic E-state index is -3.65. The first-order valence-electron chi connectivity index (χ1n) is 6.11. The van der Waals surface area contributed by atoms with Crippen molar-refractivity contribution in [3.05, 3.63) is 24.3 Å². The zero-order valence-corrected chi connectivity index (χ0v) is 12.9. The van der Waals surface area contributed by atoms with Crippen LogP contribution in [-0.4, -0.2) is 38.6 Å². The average molecular weight is 300 g/mol. The summed E-state index contributed by atoms with van der Waals surface area (Å²) in [6, 6.07) is 6.36. The van der Waals surface area contributed by atoms with Crippen molar-refractivity contribution in [3.8, 4) is 0 Å². The van der Waals surface area contributed by atoms with E-state index in [2.05, 4.69) is 4.72 Å². The highest BCUT2D eigenvalue weighted by Gasteiger charge is 2.28. The van der Waals surface area contributed by atoms with Crippen LogP contribution in [0.1, 0.15) is 20.8 Å². The van der Waals surface area contributed by atoms with Gasteiger partial charge < -0.3 is 10.0 Å². The molecule has 112 valence electrons. The summed E-state index contributed by atoms with van der Waals surface area (Å²) in [6.45, 7) is 5.22. The van der Waals surface area contributed by atoms with Gasteiger partial charge in [-0.05, 0) is 40.0 Å². The number of rotatable bonds is 5. The van der Waals surface area contributed by atoms with Gasteiger partial charge in [0.1, 0.15) is 11.4 Å². The molecule has 0 saturated heterocycles. The Morgan fingerprint density at radius 2 is 1.85 bits per heavy atom. The molecule has 0 aliphatic carbocycles. The molecule has 20 heavy (non-hydrogen) atoms. The van der Waals surface area contributed by atoms with Crippen molar-refractivity contribution in [1.29, 1.82) is 0 Å². The van der Waals surface area contributed by atoms with Crippen LogP contribution in [0.4, 0.5) is 5.69 Å². The van der Waals surface area contributed by atoms with Crippen LogP contribution in [0.15, 0.2) is 29.2 Å². The Kier molecular flexibility index (Phi) is 4.77. The minimum absolute atomic E-state index is 0.0682. The first kappa shape index (κ1) is 16.5. The van der Waals surface area contributed by atoms with Crippen LogP contribution in [0.2, 0.25) is 0 Å². The van der Waals surface area contributed by atoms with E-state index in [1.54, 1.807) is 23.1 Å². The molecule has 0 spiro atoms. The summed E-state index contributed by atoms with van der Waals surface area (Å²) < 4.78 is 26.4. The van der Waals surface area contributed by atoms with E-state index in [0.29, 0.717) is 5.69 Å². The number of hydrogen-bond donors (Lipinski definition) is 2. The van der Waals surface area contributed by atoms with Crippen molar-refractivity contribution in [1.82, 2.24) is 4.72 Å². The minimum Gasteiger partial charge on any atom is -0.480 e. The Hall–Kier alpha value is -1.60. The molecule has 0 saturated carbocycles. The molecule has 0 aromatic heterocycles. The predicted molar refractivity (Wildman–Crippen MR) is 77.4 cm³/mol. The van der Waals surface area contributed by atoms with Gasteiger partial charge in [0, 0.05) is 5.54 Å². The summed E-state index contributed by atoms with van der Waals surface area (Å²) in [6.07, 6.45) is 0. The first-order valence-corrected chi connectivity index (χ1v) is 7.60. The summed E-state index contributed by atoms with van der Waals surface area (Å²) >= 11 is 0. The summed E-state index contributed by atoms with van der Waals surface area (Å²) in [4.78, 5) is 12.7. The Bertz CT molecular complexity index is 591. The van der Waals surface area contributed by atoms with Gasteiger partial charge in [-0.25, -0.2) is 13.1 Å². The molecular formula is C13H20N2O4S. The summed E-state index contributed by atoms with van der Waals surface area (Å²) in [7, 11) is -2.33. The second kappa shape index (κ2) is 5.80. The summed E-state index contributed by atoms with van der Waals surface area (Å²) in [5.74, 6) is -1.02. The molecular weight excluding hydrogens is 280 g/mol. The molecule has 0 bridgehead atoms. The molecule has 0 aliphatic heterocycles. The first-order chi connectivity index (χ1) is 9.09. The molecule has 1 rings (SSSR count). The fourth-order valence-electron chi connectivity index (χ4n) is 1.84.